The van der Waals surface area contributed by atoms with E-state index in [1.807, 2.05) is 20.8 Å². The number of ether oxygens (including phenoxy) is 1. The molecular formula is C15H16N2O4. The lowest BCUT2D eigenvalue weighted by atomic mass is 10.1. The van der Waals surface area contributed by atoms with Gasteiger partial charge in [0.2, 0.25) is 0 Å². The number of hydrogen-bond donors (Lipinski definition) is 1. The molecule has 1 heterocycles. The van der Waals surface area contributed by atoms with Crippen LogP contribution >= 0.6 is 0 Å². The average Bonchev–Trinajstić information content (AvgIpc) is 2.40. The van der Waals surface area contributed by atoms with E-state index in [2.05, 4.69) is 4.98 Å². The molecule has 0 atom stereocenters. The molecule has 0 radical (unpaired) electrons. The Morgan fingerprint density at radius 2 is 2.10 bits per heavy atom. The lowest BCUT2D eigenvalue weighted by Gasteiger charge is -2.12. The maximum Gasteiger partial charge on any atom is 0.339 e. The summed E-state index contributed by atoms with van der Waals surface area (Å²) in [5, 5.41) is 9.16. The molecule has 0 aliphatic heterocycles. The Labute approximate surface area is 121 Å². The maximum atomic E-state index is 12.2. The summed E-state index contributed by atoms with van der Waals surface area (Å²) in [6.45, 7) is 5.53. The fourth-order valence-electron chi connectivity index (χ4n) is 1.88. The number of aromatic nitrogens is 2. The second-order valence-corrected chi connectivity index (χ2v) is 4.95. The molecule has 6 nitrogen and oxygen atoms in total. The minimum atomic E-state index is -1.12. The van der Waals surface area contributed by atoms with Crippen LogP contribution in [0.4, 0.5) is 0 Å². The molecule has 0 aliphatic rings. The third-order valence-corrected chi connectivity index (χ3v) is 2.97. The number of carboxylic acids is 1. The SMILES string of the molecule is Cc1ccc(C(=O)O)c(Oc2nccn(C(C)C)c2=O)c1. The Bertz CT molecular complexity index is 735. The molecule has 2 aromatic rings. The molecule has 0 amide bonds. The molecule has 1 aromatic heterocycles. The smallest absolute Gasteiger partial charge is 0.339 e. The Hall–Kier alpha value is -2.63. The number of nitrogens with zero attached hydrogens (tertiary/aromatic N) is 2. The number of hydrogen-bond acceptors (Lipinski definition) is 4. The minimum absolute atomic E-state index is 0.0123. The van der Waals surface area contributed by atoms with Gasteiger partial charge in [-0.05, 0) is 38.5 Å². The molecular weight excluding hydrogens is 272 g/mol. The molecule has 1 aromatic carbocycles. The zero-order valence-electron chi connectivity index (χ0n) is 12.0. The number of rotatable bonds is 4. The van der Waals surface area contributed by atoms with Crippen LogP contribution in [0.25, 0.3) is 0 Å². The van der Waals surface area contributed by atoms with Crippen molar-refractivity contribution in [2.45, 2.75) is 26.8 Å². The Morgan fingerprint density at radius 1 is 1.38 bits per heavy atom. The summed E-state index contributed by atoms with van der Waals surface area (Å²) in [4.78, 5) is 27.3. The van der Waals surface area contributed by atoms with Gasteiger partial charge in [-0.3, -0.25) is 4.79 Å². The van der Waals surface area contributed by atoms with E-state index in [1.165, 1.54) is 16.8 Å². The number of carboxylic acid groups (broad SMARTS) is 1. The number of carbonyl (C=O) groups is 1. The molecule has 0 spiro atoms. The van der Waals surface area contributed by atoms with Crippen LogP contribution in [0.5, 0.6) is 11.6 Å². The van der Waals surface area contributed by atoms with E-state index >= 15 is 0 Å². The van der Waals surface area contributed by atoms with Crippen molar-refractivity contribution in [3.63, 3.8) is 0 Å². The van der Waals surface area contributed by atoms with Crippen LogP contribution in [0.3, 0.4) is 0 Å². The van der Waals surface area contributed by atoms with Crippen LogP contribution < -0.4 is 10.3 Å². The van der Waals surface area contributed by atoms with Gasteiger partial charge in [0.05, 0.1) is 0 Å². The van der Waals surface area contributed by atoms with E-state index in [-0.39, 0.29) is 23.2 Å². The van der Waals surface area contributed by atoms with Crippen LogP contribution in [0.2, 0.25) is 0 Å². The zero-order valence-corrected chi connectivity index (χ0v) is 12.0. The van der Waals surface area contributed by atoms with Crippen molar-refractivity contribution >= 4 is 5.97 Å². The van der Waals surface area contributed by atoms with Gasteiger partial charge in [0, 0.05) is 18.4 Å². The van der Waals surface area contributed by atoms with Gasteiger partial charge in [0.25, 0.3) is 5.88 Å². The Kier molecular flexibility index (Phi) is 4.07. The highest BCUT2D eigenvalue weighted by Gasteiger charge is 2.15. The summed E-state index contributed by atoms with van der Waals surface area (Å²) in [7, 11) is 0. The van der Waals surface area contributed by atoms with Crippen LogP contribution in [-0.4, -0.2) is 20.6 Å². The second-order valence-electron chi connectivity index (χ2n) is 4.95. The van der Waals surface area contributed by atoms with Crippen molar-refractivity contribution in [1.82, 2.24) is 9.55 Å². The van der Waals surface area contributed by atoms with Crippen molar-refractivity contribution in [1.29, 1.82) is 0 Å². The number of aryl methyl sites for hydroxylation is 1. The fraction of sp³-hybridized carbons (Fsp3) is 0.267. The molecule has 2 rings (SSSR count). The lowest BCUT2D eigenvalue weighted by molar-refractivity contribution is 0.0694. The molecule has 110 valence electrons. The van der Waals surface area contributed by atoms with Crippen LogP contribution in [-0.2, 0) is 0 Å². The normalized spacial score (nSPS) is 10.7. The van der Waals surface area contributed by atoms with E-state index < -0.39 is 11.5 Å². The predicted molar refractivity (Wildman–Crippen MR) is 77.1 cm³/mol. The topological polar surface area (TPSA) is 81.4 Å². The summed E-state index contributed by atoms with van der Waals surface area (Å²) >= 11 is 0. The quantitative estimate of drug-likeness (QED) is 0.935. The molecule has 0 fully saturated rings. The van der Waals surface area contributed by atoms with Crippen LogP contribution in [0.15, 0.2) is 35.4 Å². The van der Waals surface area contributed by atoms with E-state index in [9.17, 15) is 9.59 Å². The molecule has 0 aliphatic carbocycles. The van der Waals surface area contributed by atoms with Crippen molar-refractivity contribution < 1.29 is 14.6 Å². The summed E-state index contributed by atoms with van der Waals surface area (Å²) < 4.78 is 6.92. The first-order chi connectivity index (χ1) is 9.90. The van der Waals surface area contributed by atoms with Gasteiger partial charge in [-0.15, -0.1) is 0 Å². The lowest BCUT2D eigenvalue weighted by Crippen LogP contribution is -2.23. The van der Waals surface area contributed by atoms with Gasteiger partial charge in [-0.25, -0.2) is 9.78 Å². The van der Waals surface area contributed by atoms with Gasteiger partial charge in [0.15, 0.2) is 0 Å². The summed E-state index contributed by atoms with van der Waals surface area (Å²) in [5.74, 6) is -1.15. The summed E-state index contributed by atoms with van der Waals surface area (Å²) in [5.41, 5.74) is 0.419. The van der Waals surface area contributed by atoms with E-state index in [0.29, 0.717) is 0 Å². The van der Waals surface area contributed by atoms with E-state index in [0.717, 1.165) is 5.56 Å². The van der Waals surface area contributed by atoms with Crippen LogP contribution in [0, 0.1) is 6.92 Å². The maximum absolute atomic E-state index is 12.2. The van der Waals surface area contributed by atoms with Crippen molar-refractivity contribution in [3.05, 3.63) is 52.1 Å². The van der Waals surface area contributed by atoms with E-state index in [1.54, 1.807) is 18.3 Å². The van der Waals surface area contributed by atoms with E-state index in [4.69, 9.17) is 9.84 Å². The first kappa shape index (κ1) is 14.8. The summed E-state index contributed by atoms with van der Waals surface area (Å²) in [6.07, 6.45) is 3.02. The standard InChI is InChI=1S/C15H16N2O4/c1-9(2)17-7-6-16-13(14(17)18)21-12-8-10(3)4-5-11(12)15(19)20/h4-9H,1-3H3,(H,19,20). The largest absolute Gasteiger partial charge is 0.478 e. The second kappa shape index (κ2) is 5.78. The van der Waals surface area contributed by atoms with Crippen LogP contribution in [0.1, 0.15) is 35.8 Å². The van der Waals surface area contributed by atoms with Gasteiger partial charge in [-0.1, -0.05) is 6.07 Å². The monoisotopic (exact) mass is 288 g/mol. The zero-order chi connectivity index (χ0) is 15.6. The molecule has 21 heavy (non-hydrogen) atoms. The van der Waals surface area contributed by atoms with Crippen molar-refractivity contribution in [2.24, 2.45) is 0 Å². The molecule has 6 heteroatoms. The third-order valence-electron chi connectivity index (χ3n) is 2.97. The average molecular weight is 288 g/mol. The van der Waals surface area contributed by atoms with Gasteiger partial charge < -0.3 is 14.4 Å². The minimum Gasteiger partial charge on any atom is -0.478 e. The highest BCUT2D eigenvalue weighted by molar-refractivity contribution is 5.91. The highest BCUT2D eigenvalue weighted by atomic mass is 16.5. The van der Waals surface area contributed by atoms with Crippen molar-refractivity contribution in [2.75, 3.05) is 0 Å². The molecule has 0 saturated carbocycles. The predicted octanol–water partition coefficient (Wildman–Crippen LogP) is 2.62. The molecule has 1 N–H and O–H groups in total. The Morgan fingerprint density at radius 3 is 2.71 bits per heavy atom. The number of aromatic carboxylic acids is 1. The molecule has 0 saturated heterocycles. The molecule has 0 unspecified atom stereocenters. The third kappa shape index (κ3) is 3.10. The Balaban J connectivity index is 2.48. The van der Waals surface area contributed by atoms with Gasteiger partial charge in [-0.2, -0.15) is 0 Å². The first-order valence-electron chi connectivity index (χ1n) is 6.49. The van der Waals surface area contributed by atoms with Gasteiger partial charge >= 0.3 is 11.5 Å². The first-order valence-corrected chi connectivity index (χ1v) is 6.49. The summed E-state index contributed by atoms with van der Waals surface area (Å²) in [6, 6.07) is 4.63. The highest BCUT2D eigenvalue weighted by Crippen LogP contribution is 2.24. The number of benzene rings is 1. The van der Waals surface area contributed by atoms with Gasteiger partial charge in [0.1, 0.15) is 11.3 Å². The molecule has 0 bridgehead atoms. The van der Waals surface area contributed by atoms with Crippen molar-refractivity contribution in [3.8, 4) is 11.6 Å². The fourth-order valence-corrected chi connectivity index (χ4v) is 1.88.